The van der Waals surface area contributed by atoms with E-state index in [1.54, 1.807) is 0 Å². The van der Waals surface area contributed by atoms with Gasteiger partial charge in [-0.3, -0.25) is 0 Å². The van der Waals surface area contributed by atoms with Gasteiger partial charge < -0.3 is 0 Å². The van der Waals surface area contributed by atoms with Crippen molar-refractivity contribution in [2.24, 2.45) is 11.8 Å². The van der Waals surface area contributed by atoms with Crippen LogP contribution in [0.2, 0.25) is 0 Å². The lowest BCUT2D eigenvalue weighted by molar-refractivity contribution is 0.256. The Bertz CT molecular complexity index is 391. The topological polar surface area (TPSA) is 0 Å². The fourth-order valence-electron chi connectivity index (χ4n) is 3.55. The summed E-state index contributed by atoms with van der Waals surface area (Å²) in [5.74, 6) is 1.90. The van der Waals surface area contributed by atoms with Crippen LogP contribution in [0.15, 0.2) is 24.3 Å². The minimum atomic E-state index is 0.663. The number of halogens is 1. The Morgan fingerprint density at radius 2 is 1.85 bits per heavy atom. The molecule has 1 aromatic carbocycles. The Morgan fingerprint density at radius 3 is 2.50 bits per heavy atom. The number of aryl methyl sites for hydroxylation is 1. The third kappa shape index (κ3) is 4.62. The Hall–Kier alpha value is -0.300. The normalized spacial score (nSPS) is 24.6. The molecular formula is C19H29Br. The maximum atomic E-state index is 3.98. The first-order valence-electron chi connectivity index (χ1n) is 8.39. The highest BCUT2D eigenvalue weighted by Gasteiger charge is 2.26. The molecule has 0 radical (unpaired) electrons. The zero-order valence-electron chi connectivity index (χ0n) is 13.1. The maximum Gasteiger partial charge on any atom is 0.0214 e. The highest BCUT2D eigenvalue weighted by atomic mass is 79.9. The van der Waals surface area contributed by atoms with Crippen LogP contribution in [0.3, 0.4) is 0 Å². The van der Waals surface area contributed by atoms with Gasteiger partial charge in [0.25, 0.3) is 0 Å². The molecule has 0 aromatic heterocycles. The van der Waals surface area contributed by atoms with E-state index in [9.17, 15) is 0 Å². The fourth-order valence-corrected chi connectivity index (χ4v) is 4.42. The second kappa shape index (κ2) is 8.22. The number of rotatable bonds is 6. The highest BCUT2D eigenvalue weighted by molar-refractivity contribution is 9.09. The first-order valence-corrected chi connectivity index (χ1v) is 9.30. The van der Waals surface area contributed by atoms with Crippen molar-refractivity contribution in [2.45, 2.75) is 70.0 Å². The molecule has 0 saturated heterocycles. The van der Waals surface area contributed by atoms with E-state index in [1.807, 2.05) is 0 Å². The van der Waals surface area contributed by atoms with Crippen LogP contribution >= 0.6 is 15.9 Å². The van der Waals surface area contributed by atoms with Crippen LogP contribution in [0.5, 0.6) is 0 Å². The minimum absolute atomic E-state index is 0.663. The van der Waals surface area contributed by atoms with E-state index in [4.69, 9.17) is 0 Å². The minimum Gasteiger partial charge on any atom is -0.0884 e. The molecule has 1 aliphatic carbocycles. The monoisotopic (exact) mass is 336 g/mol. The smallest absolute Gasteiger partial charge is 0.0214 e. The molecule has 0 N–H and O–H groups in total. The quantitative estimate of drug-likeness (QED) is 0.535. The zero-order valence-corrected chi connectivity index (χ0v) is 14.7. The average molecular weight is 337 g/mol. The van der Waals surface area contributed by atoms with E-state index in [0.717, 1.165) is 11.8 Å². The van der Waals surface area contributed by atoms with Crippen molar-refractivity contribution in [2.75, 3.05) is 0 Å². The standard InChI is InChI=1S/C19H29Br/c1-3-4-8-16-10-12-17(13-11-16)19(20)14-18-9-6-5-7-15(18)2/h5-7,9,16-17,19H,3-4,8,10-14H2,1-2H3. The van der Waals surface area contributed by atoms with Crippen LogP contribution < -0.4 is 0 Å². The van der Waals surface area contributed by atoms with Gasteiger partial charge in [0.15, 0.2) is 0 Å². The van der Waals surface area contributed by atoms with Crippen molar-refractivity contribution >= 4 is 15.9 Å². The molecule has 0 bridgehead atoms. The summed E-state index contributed by atoms with van der Waals surface area (Å²) >= 11 is 3.98. The summed E-state index contributed by atoms with van der Waals surface area (Å²) in [7, 11) is 0. The summed E-state index contributed by atoms with van der Waals surface area (Å²) in [5, 5.41) is 0. The molecule has 1 heteroatoms. The van der Waals surface area contributed by atoms with E-state index in [1.165, 1.54) is 62.5 Å². The first kappa shape index (κ1) is 16.1. The fraction of sp³-hybridized carbons (Fsp3) is 0.684. The van der Waals surface area contributed by atoms with Gasteiger partial charge in [-0.25, -0.2) is 0 Å². The largest absolute Gasteiger partial charge is 0.0884 e. The van der Waals surface area contributed by atoms with E-state index >= 15 is 0 Å². The predicted octanol–water partition coefficient (Wildman–Crippen LogP) is 6.30. The third-order valence-corrected chi connectivity index (χ3v) is 6.12. The molecule has 1 unspecified atom stereocenters. The van der Waals surface area contributed by atoms with Crippen LogP contribution in [-0.4, -0.2) is 4.83 Å². The van der Waals surface area contributed by atoms with E-state index in [2.05, 4.69) is 54.0 Å². The number of alkyl halides is 1. The zero-order chi connectivity index (χ0) is 14.4. The van der Waals surface area contributed by atoms with Gasteiger partial charge >= 0.3 is 0 Å². The van der Waals surface area contributed by atoms with E-state index in [0.29, 0.717) is 4.83 Å². The summed E-state index contributed by atoms with van der Waals surface area (Å²) in [6, 6.07) is 8.83. The SMILES string of the molecule is CCCCC1CCC(C(Br)Cc2ccccc2C)CC1. The summed E-state index contributed by atoms with van der Waals surface area (Å²) in [6.07, 6.45) is 11.2. The van der Waals surface area contributed by atoms with Crippen molar-refractivity contribution in [3.05, 3.63) is 35.4 Å². The Kier molecular flexibility index (Phi) is 6.61. The Morgan fingerprint density at radius 1 is 1.15 bits per heavy atom. The van der Waals surface area contributed by atoms with Crippen LogP contribution in [0, 0.1) is 18.8 Å². The number of benzene rings is 1. The van der Waals surface area contributed by atoms with Crippen molar-refractivity contribution < 1.29 is 0 Å². The lowest BCUT2D eigenvalue weighted by atomic mass is 9.77. The number of hydrogen-bond acceptors (Lipinski definition) is 0. The number of unbranched alkanes of at least 4 members (excludes halogenated alkanes) is 1. The van der Waals surface area contributed by atoms with Gasteiger partial charge in [-0.15, -0.1) is 0 Å². The van der Waals surface area contributed by atoms with Crippen LogP contribution in [-0.2, 0) is 6.42 Å². The molecule has 1 saturated carbocycles. The van der Waals surface area contributed by atoms with Crippen LogP contribution in [0.4, 0.5) is 0 Å². The lowest BCUT2D eigenvalue weighted by Gasteiger charge is -2.31. The molecule has 1 aliphatic rings. The van der Waals surface area contributed by atoms with Gasteiger partial charge in [0.1, 0.15) is 0 Å². The lowest BCUT2D eigenvalue weighted by Crippen LogP contribution is -2.23. The van der Waals surface area contributed by atoms with Crippen molar-refractivity contribution in [1.29, 1.82) is 0 Å². The molecule has 112 valence electrons. The molecule has 1 atom stereocenters. The second-order valence-corrected chi connectivity index (χ2v) is 7.75. The molecule has 0 spiro atoms. The summed E-state index contributed by atoms with van der Waals surface area (Å²) in [6.45, 7) is 4.54. The van der Waals surface area contributed by atoms with Crippen molar-refractivity contribution in [3.63, 3.8) is 0 Å². The molecule has 1 aromatic rings. The van der Waals surface area contributed by atoms with Gasteiger partial charge in [-0.1, -0.05) is 79.2 Å². The summed E-state index contributed by atoms with van der Waals surface area (Å²) in [5.41, 5.74) is 2.95. The Balaban J connectivity index is 1.80. The van der Waals surface area contributed by atoms with Crippen LogP contribution in [0.25, 0.3) is 0 Å². The number of hydrogen-bond donors (Lipinski definition) is 0. The van der Waals surface area contributed by atoms with Gasteiger partial charge in [-0.05, 0) is 49.1 Å². The highest BCUT2D eigenvalue weighted by Crippen LogP contribution is 2.37. The first-order chi connectivity index (χ1) is 9.70. The molecule has 0 nitrogen and oxygen atoms in total. The second-order valence-electron chi connectivity index (χ2n) is 6.57. The van der Waals surface area contributed by atoms with Gasteiger partial charge in [0.05, 0.1) is 0 Å². The van der Waals surface area contributed by atoms with Crippen LogP contribution in [0.1, 0.15) is 63.0 Å². The molecule has 2 rings (SSSR count). The Labute approximate surface area is 133 Å². The predicted molar refractivity (Wildman–Crippen MR) is 92.6 cm³/mol. The molecule has 20 heavy (non-hydrogen) atoms. The molecule has 0 amide bonds. The van der Waals surface area contributed by atoms with E-state index in [-0.39, 0.29) is 0 Å². The van der Waals surface area contributed by atoms with E-state index < -0.39 is 0 Å². The van der Waals surface area contributed by atoms with Gasteiger partial charge in [-0.2, -0.15) is 0 Å². The average Bonchev–Trinajstić information content (AvgIpc) is 2.48. The summed E-state index contributed by atoms with van der Waals surface area (Å²) in [4.78, 5) is 0.663. The molecule has 0 heterocycles. The van der Waals surface area contributed by atoms with Crippen molar-refractivity contribution in [3.8, 4) is 0 Å². The van der Waals surface area contributed by atoms with Gasteiger partial charge in [0, 0.05) is 4.83 Å². The molecule has 1 fully saturated rings. The van der Waals surface area contributed by atoms with Crippen molar-refractivity contribution in [1.82, 2.24) is 0 Å². The molecular weight excluding hydrogens is 308 g/mol. The third-order valence-electron chi connectivity index (χ3n) is 5.05. The summed E-state index contributed by atoms with van der Waals surface area (Å²) < 4.78 is 0. The van der Waals surface area contributed by atoms with Gasteiger partial charge in [0.2, 0.25) is 0 Å². The maximum absolute atomic E-state index is 3.98. The molecule has 0 aliphatic heterocycles.